The molecule has 2 N–H and O–H groups in total. The number of aliphatic hydroxyl groups is 1. The van der Waals surface area contributed by atoms with Gasteiger partial charge in [-0.3, -0.25) is 4.79 Å². The molecule has 1 aromatic rings. The van der Waals surface area contributed by atoms with E-state index in [2.05, 4.69) is 29.6 Å². The standard InChI is InChI=1S/C16H23NO2/c1-13(18)15(19)17-12-16(9-5-6-10-16)11-14-7-3-2-4-8-14/h2-4,7-8,13,18H,5-6,9-12H2,1H3,(H,17,19). The van der Waals surface area contributed by atoms with Crippen molar-refractivity contribution < 1.29 is 9.90 Å². The van der Waals surface area contributed by atoms with E-state index in [0.717, 1.165) is 19.3 Å². The molecule has 1 aliphatic rings. The van der Waals surface area contributed by atoms with E-state index < -0.39 is 6.10 Å². The molecule has 19 heavy (non-hydrogen) atoms. The summed E-state index contributed by atoms with van der Waals surface area (Å²) in [6, 6.07) is 10.5. The van der Waals surface area contributed by atoms with Crippen LogP contribution in [0.3, 0.4) is 0 Å². The molecule has 0 radical (unpaired) electrons. The van der Waals surface area contributed by atoms with Gasteiger partial charge in [0.15, 0.2) is 0 Å². The topological polar surface area (TPSA) is 49.3 Å². The smallest absolute Gasteiger partial charge is 0.248 e. The van der Waals surface area contributed by atoms with Crippen molar-refractivity contribution in [3.8, 4) is 0 Å². The molecule has 0 bridgehead atoms. The third-order valence-electron chi connectivity index (χ3n) is 4.10. The Labute approximate surface area is 115 Å². The molecule has 2 rings (SSSR count). The Morgan fingerprint density at radius 2 is 1.95 bits per heavy atom. The first-order chi connectivity index (χ1) is 9.11. The van der Waals surface area contributed by atoms with Crippen LogP contribution in [-0.4, -0.2) is 23.7 Å². The Bertz CT molecular complexity index is 408. The first-order valence-electron chi connectivity index (χ1n) is 7.11. The second-order valence-corrected chi connectivity index (χ2v) is 5.76. The number of aliphatic hydroxyl groups excluding tert-OH is 1. The average Bonchev–Trinajstić information content (AvgIpc) is 2.86. The number of hydrogen-bond donors (Lipinski definition) is 2. The molecule has 0 saturated heterocycles. The Morgan fingerprint density at radius 1 is 1.32 bits per heavy atom. The highest BCUT2D eigenvalue weighted by atomic mass is 16.3. The minimum absolute atomic E-state index is 0.173. The summed E-state index contributed by atoms with van der Waals surface area (Å²) in [7, 11) is 0. The molecule has 0 spiro atoms. The highest BCUT2D eigenvalue weighted by molar-refractivity contribution is 5.79. The van der Waals surface area contributed by atoms with Crippen LogP contribution in [0.5, 0.6) is 0 Å². The lowest BCUT2D eigenvalue weighted by Crippen LogP contribution is -2.41. The Balaban J connectivity index is 2.00. The zero-order valence-corrected chi connectivity index (χ0v) is 11.6. The monoisotopic (exact) mass is 261 g/mol. The minimum atomic E-state index is -0.921. The molecular formula is C16H23NO2. The highest BCUT2D eigenvalue weighted by Gasteiger charge is 2.34. The van der Waals surface area contributed by atoms with Gasteiger partial charge in [-0.15, -0.1) is 0 Å². The average molecular weight is 261 g/mol. The highest BCUT2D eigenvalue weighted by Crippen LogP contribution is 2.40. The molecule has 0 aliphatic heterocycles. The summed E-state index contributed by atoms with van der Waals surface area (Å²) < 4.78 is 0. The molecule has 0 aromatic heterocycles. The molecule has 1 saturated carbocycles. The molecule has 3 heteroatoms. The third kappa shape index (κ3) is 3.80. The molecule has 1 fully saturated rings. The van der Waals surface area contributed by atoms with Gasteiger partial charge in [0.2, 0.25) is 5.91 Å². The molecule has 1 aliphatic carbocycles. The maximum atomic E-state index is 11.5. The van der Waals surface area contributed by atoms with Gasteiger partial charge in [-0.05, 0) is 37.2 Å². The number of carbonyl (C=O) groups is 1. The van der Waals surface area contributed by atoms with Crippen molar-refractivity contribution >= 4 is 5.91 Å². The summed E-state index contributed by atoms with van der Waals surface area (Å²) in [4.78, 5) is 11.5. The van der Waals surface area contributed by atoms with Crippen LogP contribution in [0.25, 0.3) is 0 Å². The maximum absolute atomic E-state index is 11.5. The molecule has 1 atom stereocenters. The zero-order chi connectivity index (χ0) is 13.7. The van der Waals surface area contributed by atoms with Crippen LogP contribution in [0.15, 0.2) is 30.3 Å². The van der Waals surface area contributed by atoms with Crippen LogP contribution in [0, 0.1) is 5.41 Å². The second kappa shape index (κ2) is 6.20. The van der Waals surface area contributed by atoms with Gasteiger partial charge >= 0.3 is 0 Å². The number of benzene rings is 1. The summed E-state index contributed by atoms with van der Waals surface area (Å²) in [6.45, 7) is 2.18. The number of amides is 1. The predicted molar refractivity (Wildman–Crippen MR) is 75.7 cm³/mol. The molecular weight excluding hydrogens is 238 g/mol. The van der Waals surface area contributed by atoms with Gasteiger partial charge in [-0.1, -0.05) is 43.2 Å². The SMILES string of the molecule is CC(O)C(=O)NCC1(Cc2ccccc2)CCCC1. The lowest BCUT2D eigenvalue weighted by molar-refractivity contribution is -0.129. The van der Waals surface area contributed by atoms with E-state index in [1.807, 2.05) is 6.07 Å². The number of hydrogen-bond acceptors (Lipinski definition) is 2. The van der Waals surface area contributed by atoms with Gasteiger partial charge < -0.3 is 10.4 Å². The van der Waals surface area contributed by atoms with E-state index >= 15 is 0 Å². The fraction of sp³-hybridized carbons (Fsp3) is 0.562. The van der Waals surface area contributed by atoms with Crippen molar-refractivity contribution in [2.75, 3.05) is 6.54 Å². The van der Waals surface area contributed by atoms with Gasteiger partial charge in [-0.25, -0.2) is 0 Å². The number of carbonyl (C=O) groups excluding carboxylic acids is 1. The first-order valence-corrected chi connectivity index (χ1v) is 7.11. The van der Waals surface area contributed by atoms with E-state index in [1.165, 1.54) is 25.3 Å². The summed E-state index contributed by atoms with van der Waals surface area (Å²) in [5.41, 5.74) is 1.50. The third-order valence-corrected chi connectivity index (χ3v) is 4.10. The second-order valence-electron chi connectivity index (χ2n) is 5.76. The molecule has 3 nitrogen and oxygen atoms in total. The van der Waals surface area contributed by atoms with Crippen LogP contribution in [0.4, 0.5) is 0 Å². The molecule has 1 amide bonds. The first kappa shape index (κ1) is 14.1. The fourth-order valence-electron chi connectivity index (χ4n) is 2.99. The van der Waals surface area contributed by atoms with Gasteiger partial charge in [-0.2, -0.15) is 0 Å². The zero-order valence-electron chi connectivity index (χ0n) is 11.6. The normalized spacial score (nSPS) is 19.1. The summed E-state index contributed by atoms with van der Waals surface area (Å²) in [6.07, 6.45) is 4.86. The van der Waals surface area contributed by atoms with Crippen LogP contribution in [-0.2, 0) is 11.2 Å². The van der Waals surface area contributed by atoms with Gasteiger partial charge in [0.1, 0.15) is 6.10 Å². The van der Waals surface area contributed by atoms with Crippen LogP contribution >= 0.6 is 0 Å². The van der Waals surface area contributed by atoms with Crippen molar-refractivity contribution in [3.63, 3.8) is 0 Å². The lowest BCUT2D eigenvalue weighted by Gasteiger charge is -2.29. The maximum Gasteiger partial charge on any atom is 0.248 e. The molecule has 104 valence electrons. The summed E-state index contributed by atoms with van der Waals surface area (Å²) in [5.74, 6) is -0.265. The molecule has 0 heterocycles. The summed E-state index contributed by atoms with van der Waals surface area (Å²) in [5, 5.41) is 12.2. The quantitative estimate of drug-likeness (QED) is 0.854. The lowest BCUT2D eigenvalue weighted by atomic mass is 9.80. The minimum Gasteiger partial charge on any atom is -0.384 e. The van der Waals surface area contributed by atoms with Gasteiger partial charge in [0.05, 0.1) is 0 Å². The summed E-state index contributed by atoms with van der Waals surface area (Å²) >= 11 is 0. The van der Waals surface area contributed by atoms with Crippen molar-refractivity contribution in [1.82, 2.24) is 5.32 Å². The van der Waals surface area contributed by atoms with Gasteiger partial charge in [0, 0.05) is 6.54 Å². The van der Waals surface area contributed by atoms with E-state index in [-0.39, 0.29) is 11.3 Å². The van der Waals surface area contributed by atoms with E-state index in [0.29, 0.717) is 6.54 Å². The largest absolute Gasteiger partial charge is 0.384 e. The Morgan fingerprint density at radius 3 is 2.53 bits per heavy atom. The Hall–Kier alpha value is -1.35. The van der Waals surface area contributed by atoms with E-state index in [4.69, 9.17) is 0 Å². The van der Waals surface area contributed by atoms with Crippen molar-refractivity contribution in [2.24, 2.45) is 5.41 Å². The van der Waals surface area contributed by atoms with Crippen molar-refractivity contribution in [2.45, 2.75) is 45.1 Å². The molecule has 1 unspecified atom stereocenters. The fourth-order valence-corrected chi connectivity index (χ4v) is 2.99. The van der Waals surface area contributed by atoms with Gasteiger partial charge in [0.25, 0.3) is 0 Å². The molecule has 1 aromatic carbocycles. The van der Waals surface area contributed by atoms with Crippen molar-refractivity contribution in [3.05, 3.63) is 35.9 Å². The van der Waals surface area contributed by atoms with Crippen molar-refractivity contribution in [1.29, 1.82) is 0 Å². The van der Waals surface area contributed by atoms with E-state index in [9.17, 15) is 9.90 Å². The van der Waals surface area contributed by atoms with Crippen LogP contribution < -0.4 is 5.32 Å². The van der Waals surface area contributed by atoms with E-state index in [1.54, 1.807) is 0 Å². The predicted octanol–water partition coefficient (Wildman–Crippen LogP) is 2.29. The van der Waals surface area contributed by atoms with Crippen LogP contribution in [0.1, 0.15) is 38.2 Å². The Kier molecular flexibility index (Phi) is 4.59. The van der Waals surface area contributed by atoms with Crippen LogP contribution in [0.2, 0.25) is 0 Å². The number of nitrogens with one attached hydrogen (secondary N) is 1. The number of rotatable bonds is 5.